The van der Waals surface area contributed by atoms with E-state index in [0.717, 1.165) is 27.0 Å². The highest BCUT2D eigenvalue weighted by Crippen LogP contribution is 2.33. The van der Waals surface area contributed by atoms with Crippen LogP contribution in [0.25, 0.3) is 16.7 Å². The summed E-state index contributed by atoms with van der Waals surface area (Å²) in [5, 5.41) is 0.905. The van der Waals surface area contributed by atoms with Crippen LogP contribution in [-0.4, -0.2) is 9.55 Å². The van der Waals surface area contributed by atoms with Crippen LogP contribution in [0, 0.1) is 0 Å². The van der Waals surface area contributed by atoms with Gasteiger partial charge in [-0.2, -0.15) is 0 Å². The largest absolute Gasteiger partial charge is 0.294 e. The van der Waals surface area contributed by atoms with Gasteiger partial charge < -0.3 is 0 Å². The zero-order valence-electron chi connectivity index (χ0n) is 10.9. The lowest BCUT2D eigenvalue weighted by Gasteiger charge is -2.12. The Labute approximate surface area is 145 Å². The summed E-state index contributed by atoms with van der Waals surface area (Å²) in [7, 11) is 0. The number of hydrogen-bond donors (Lipinski definition) is 0. The first-order valence-electron chi connectivity index (χ1n) is 6.25. The summed E-state index contributed by atoms with van der Waals surface area (Å²) >= 11 is 22.1. The van der Waals surface area contributed by atoms with E-state index in [1.807, 2.05) is 35.8 Å². The topological polar surface area (TPSA) is 17.8 Å². The Morgan fingerprint density at radius 2 is 1.90 bits per heavy atom. The van der Waals surface area contributed by atoms with Crippen LogP contribution in [0.4, 0.5) is 0 Å². The van der Waals surface area contributed by atoms with E-state index in [4.69, 9.17) is 34.8 Å². The minimum Gasteiger partial charge on any atom is -0.294 e. The molecule has 108 valence electrons. The van der Waals surface area contributed by atoms with Gasteiger partial charge in [-0.3, -0.25) is 4.57 Å². The van der Waals surface area contributed by atoms with Crippen molar-refractivity contribution in [2.45, 2.75) is 12.3 Å². The molecule has 0 aliphatic rings. The molecule has 0 saturated carbocycles. The molecular formula is C15H10BrCl3N2. The number of aromatic nitrogens is 2. The second-order valence-electron chi connectivity index (χ2n) is 4.65. The maximum atomic E-state index is 6.34. The summed E-state index contributed by atoms with van der Waals surface area (Å²) in [6.45, 7) is 1.89. The van der Waals surface area contributed by atoms with E-state index in [2.05, 4.69) is 20.9 Å². The molecule has 2 nitrogen and oxygen atoms in total. The number of benzene rings is 2. The highest BCUT2D eigenvalue weighted by molar-refractivity contribution is 9.10. The van der Waals surface area contributed by atoms with Crippen molar-refractivity contribution in [3.05, 3.63) is 56.7 Å². The van der Waals surface area contributed by atoms with Crippen LogP contribution in [0.3, 0.4) is 0 Å². The highest BCUT2D eigenvalue weighted by Gasteiger charge is 2.18. The lowest BCUT2D eigenvalue weighted by atomic mass is 10.2. The molecule has 0 saturated heterocycles. The van der Waals surface area contributed by atoms with Crippen molar-refractivity contribution in [1.82, 2.24) is 9.55 Å². The van der Waals surface area contributed by atoms with Gasteiger partial charge in [0.15, 0.2) is 0 Å². The van der Waals surface area contributed by atoms with Crippen molar-refractivity contribution >= 4 is 61.8 Å². The van der Waals surface area contributed by atoms with Crippen LogP contribution in [-0.2, 0) is 0 Å². The molecule has 1 aromatic heterocycles. The molecule has 0 aliphatic carbocycles. The van der Waals surface area contributed by atoms with Gasteiger partial charge in [0.25, 0.3) is 0 Å². The lowest BCUT2D eigenvalue weighted by molar-refractivity contribution is 0.883. The van der Waals surface area contributed by atoms with E-state index in [1.54, 1.807) is 12.1 Å². The molecule has 0 radical (unpaired) electrons. The minimum atomic E-state index is -0.247. The molecule has 0 bridgehead atoms. The van der Waals surface area contributed by atoms with Crippen molar-refractivity contribution in [2.75, 3.05) is 0 Å². The van der Waals surface area contributed by atoms with E-state index in [1.165, 1.54) is 0 Å². The summed E-state index contributed by atoms with van der Waals surface area (Å²) in [5.41, 5.74) is 2.62. The molecule has 0 amide bonds. The molecule has 1 unspecified atom stereocenters. The van der Waals surface area contributed by atoms with Crippen molar-refractivity contribution in [1.29, 1.82) is 0 Å². The van der Waals surface area contributed by atoms with Crippen LogP contribution in [0.1, 0.15) is 18.1 Å². The Morgan fingerprint density at radius 3 is 2.57 bits per heavy atom. The summed E-state index contributed by atoms with van der Waals surface area (Å²) in [6.07, 6.45) is 0. The maximum Gasteiger partial charge on any atom is 0.132 e. The van der Waals surface area contributed by atoms with Gasteiger partial charge in [-0.15, -0.1) is 11.6 Å². The zero-order valence-corrected chi connectivity index (χ0v) is 14.8. The highest BCUT2D eigenvalue weighted by atomic mass is 79.9. The summed E-state index contributed by atoms with van der Waals surface area (Å²) in [6, 6.07) is 11.3. The van der Waals surface area contributed by atoms with Gasteiger partial charge in [-0.25, -0.2) is 4.98 Å². The molecule has 6 heteroatoms. The maximum absolute atomic E-state index is 6.34. The quantitative estimate of drug-likeness (QED) is 0.452. The summed E-state index contributed by atoms with van der Waals surface area (Å²) < 4.78 is 2.94. The molecule has 0 spiro atoms. The molecule has 3 aromatic rings. The summed E-state index contributed by atoms with van der Waals surface area (Å²) in [5.74, 6) is 0.744. The van der Waals surface area contributed by atoms with Crippen LogP contribution in [0.2, 0.25) is 10.0 Å². The standard InChI is InChI=1S/C15H10BrCl3N2/c1-8(17)15-20-12-6-9(16)2-4-14(12)21(15)13-5-3-10(18)7-11(13)19/h2-8H,1H3. The molecule has 21 heavy (non-hydrogen) atoms. The number of imidazole rings is 1. The third kappa shape index (κ3) is 2.80. The molecule has 1 heterocycles. The Morgan fingerprint density at radius 1 is 1.14 bits per heavy atom. The van der Waals surface area contributed by atoms with E-state index < -0.39 is 0 Å². The Balaban J connectivity index is 2.36. The smallest absolute Gasteiger partial charge is 0.132 e. The van der Waals surface area contributed by atoms with Gasteiger partial charge >= 0.3 is 0 Å². The Hall–Kier alpha value is -0.740. The molecule has 0 N–H and O–H groups in total. The van der Waals surface area contributed by atoms with Crippen LogP contribution < -0.4 is 0 Å². The first-order chi connectivity index (χ1) is 9.97. The summed E-state index contributed by atoms with van der Waals surface area (Å²) in [4.78, 5) is 4.62. The van der Waals surface area contributed by atoms with Crippen molar-refractivity contribution in [3.8, 4) is 5.69 Å². The third-order valence-corrected chi connectivity index (χ3v) is 4.38. The lowest BCUT2D eigenvalue weighted by Crippen LogP contribution is -2.02. The monoisotopic (exact) mass is 402 g/mol. The number of halogens is 4. The van der Waals surface area contributed by atoms with Crippen LogP contribution >= 0.6 is 50.7 Å². The number of alkyl halides is 1. The van der Waals surface area contributed by atoms with E-state index in [9.17, 15) is 0 Å². The predicted octanol–water partition coefficient (Wildman–Crippen LogP) is 6.39. The van der Waals surface area contributed by atoms with Gasteiger partial charge in [0.05, 0.1) is 27.1 Å². The zero-order chi connectivity index (χ0) is 15.1. The minimum absolute atomic E-state index is 0.247. The third-order valence-electron chi connectivity index (χ3n) is 3.15. The number of rotatable bonds is 2. The van der Waals surface area contributed by atoms with E-state index in [-0.39, 0.29) is 5.38 Å². The fourth-order valence-electron chi connectivity index (χ4n) is 2.25. The van der Waals surface area contributed by atoms with Gasteiger partial charge in [0, 0.05) is 9.50 Å². The van der Waals surface area contributed by atoms with Crippen molar-refractivity contribution < 1.29 is 0 Å². The van der Waals surface area contributed by atoms with Gasteiger partial charge in [-0.1, -0.05) is 39.1 Å². The molecule has 0 fully saturated rings. The molecule has 0 aliphatic heterocycles. The van der Waals surface area contributed by atoms with Crippen molar-refractivity contribution in [3.63, 3.8) is 0 Å². The molecule has 3 rings (SSSR count). The second-order valence-corrected chi connectivity index (χ2v) is 7.06. The second kappa shape index (κ2) is 5.81. The Kier molecular flexibility index (Phi) is 4.19. The predicted molar refractivity (Wildman–Crippen MR) is 93.1 cm³/mol. The van der Waals surface area contributed by atoms with Gasteiger partial charge in [-0.05, 0) is 43.3 Å². The van der Waals surface area contributed by atoms with Crippen molar-refractivity contribution in [2.24, 2.45) is 0 Å². The fraction of sp³-hybridized carbons (Fsp3) is 0.133. The normalized spacial score (nSPS) is 12.8. The van der Waals surface area contributed by atoms with E-state index in [0.29, 0.717) is 10.0 Å². The molecule has 1 atom stereocenters. The van der Waals surface area contributed by atoms with Crippen LogP contribution in [0.5, 0.6) is 0 Å². The molecule has 2 aromatic carbocycles. The SMILES string of the molecule is CC(Cl)c1nc2cc(Br)ccc2n1-c1ccc(Cl)cc1Cl. The molecular weight excluding hydrogens is 394 g/mol. The first kappa shape index (κ1) is 15.2. The van der Waals surface area contributed by atoms with Gasteiger partial charge in [0.2, 0.25) is 0 Å². The number of fused-ring (bicyclic) bond motifs is 1. The Bertz CT molecular complexity index is 827. The van der Waals surface area contributed by atoms with Gasteiger partial charge in [0.1, 0.15) is 5.82 Å². The number of hydrogen-bond acceptors (Lipinski definition) is 1. The first-order valence-corrected chi connectivity index (χ1v) is 8.23. The average molecular weight is 405 g/mol. The fourth-order valence-corrected chi connectivity index (χ4v) is 3.24. The number of nitrogens with zero attached hydrogens (tertiary/aromatic N) is 2. The van der Waals surface area contributed by atoms with Crippen LogP contribution in [0.15, 0.2) is 40.9 Å². The average Bonchev–Trinajstić information content (AvgIpc) is 2.77. The van der Waals surface area contributed by atoms with E-state index >= 15 is 0 Å².